The molecule has 3 fully saturated rings. The van der Waals surface area contributed by atoms with Crippen molar-refractivity contribution in [3.8, 4) is 5.75 Å². The van der Waals surface area contributed by atoms with Crippen LogP contribution in [0.3, 0.4) is 0 Å². The number of nitrogens with zero attached hydrogens (tertiary/aromatic N) is 1. The van der Waals surface area contributed by atoms with Crippen molar-refractivity contribution in [3.05, 3.63) is 29.3 Å². The van der Waals surface area contributed by atoms with E-state index in [1.54, 1.807) is 0 Å². The summed E-state index contributed by atoms with van der Waals surface area (Å²) in [6, 6.07) is 6.08. The maximum atomic E-state index is 12.8. The highest BCUT2D eigenvalue weighted by Crippen LogP contribution is 2.56. The van der Waals surface area contributed by atoms with Crippen LogP contribution in [-0.4, -0.2) is 53.5 Å². The maximum Gasteiger partial charge on any atom is 0.410 e. The van der Waals surface area contributed by atoms with Crippen molar-refractivity contribution in [2.75, 3.05) is 20.2 Å². The Labute approximate surface area is 208 Å². The molecular formula is C28H39NO6. The zero-order valence-electron chi connectivity index (χ0n) is 21.6. The molecule has 0 unspecified atom stereocenters. The van der Waals surface area contributed by atoms with E-state index in [4.69, 9.17) is 14.2 Å². The number of carbonyl (C=O) groups is 2. The molecule has 2 saturated carbocycles. The van der Waals surface area contributed by atoms with Crippen molar-refractivity contribution in [1.82, 2.24) is 4.90 Å². The standard InChI is InChI=1S/C28H39NO6/c1-16(25(31)33-5)24(17-6-7-17)18-8-11-21-22(30)13-28(34-23(21)12-18)19-9-10-20(28)15-29(14-19)26(32)35-27(2,3)4/h8,11-12,16-17,19-20,22,24,30H,6-7,9-10,13-15H2,1-5H3/t16-,19-,20-,22-,24-/m0/s1. The molecule has 1 N–H and O–H groups in total. The first-order valence-electron chi connectivity index (χ1n) is 13.1. The Balaban J connectivity index is 1.41. The third-order valence-electron chi connectivity index (χ3n) is 8.61. The van der Waals surface area contributed by atoms with Gasteiger partial charge >= 0.3 is 12.1 Å². The minimum atomic E-state index is -0.610. The molecule has 1 aromatic carbocycles. The number of methoxy groups -OCH3 is 1. The summed E-state index contributed by atoms with van der Waals surface area (Å²) in [6.45, 7) is 8.76. The van der Waals surface area contributed by atoms with Gasteiger partial charge in [-0.15, -0.1) is 0 Å². The van der Waals surface area contributed by atoms with Gasteiger partial charge < -0.3 is 24.2 Å². The number of fused-ring (bicyclic) bond motifs is 1. The van der Waals surface area contributed by atoms with Crippen LogP contribution in [0.2, 0.25) is 0 Å². The summed E-state index contributed by atoms with van der Waals surface area (Å²) in [6.07, 6.45) is 3.82. The summed E-state index contributed by atoms with van der Waals surface area (Å²) >= 11 is 0. The van der Waals surface area contributed by atoms with E-state index >= 15 is 0 Å². The molecule has 5 rings (SSSR count). The number of benzene rings is 1. The molecular weight excluding hydrogens is 446 g/mol. The van der Waals surface area contributed by atoms with Gasteiger partial charge in [-0.25, -0.2) is 4.79 Å². The van der Waals surface area contributed by atoms with Gasteiger partial charge in [0.05, 0.1) is 19.1 Å². The maximum absolute atomic E-state index is 12.8. The zero-order chi connectivity index (χ0) is 25.1. The van der Waals surface area contributed by atoms with Crippen molar-refractivity contribution < 1.29 is 28.9 Å². The molecule has 35 heavy (non-hydrogen) atoms. The second kappa shape index (κ2) is 8.68. The average Bonchev–Trinajstić information content (AvgIpc) is 3.60. The Morgan fingerprint density at radius 1 is 1.14 bits per heavy atom. The fourth-order valence-corrected chi connectivity index (χ4v) is 6.84. The molecule has 1 aromatic rings. The van der Waals surface area contributed by atoms with E-state index in [9.17, 15) is 14.7 Å². The molecule has 2 heterocycles. The monoisotopic (exact) mass is 485 g/mol. The lowest BCUT2D eigenvalue weighted by molar-refractivity contribution is -0.145. The van der Waals surface area contributed by atoms with E-state index in [1.165, 1.54) is 7.11 Å². The molecule has 0 aromatic heterocycles. The summed E-state index contributed by atoms with van der Waals surface area (Å²) in [5, 5.41) is 11.2. The Bertz CT molecular complexity index is 982. The molecule has 0 radical (unpaired) electrons. The minimum Gasteiger partial charge on any atom is -0.486 e. The second-order valence-electron chi connectivity index (χ2n) is 12.1. The predicted octanol–water partition coefficient (Wildman–Crippen LogP) is 4.82. The summed E-state index contributed by atoms with van der Waals surface area (Å²) in [7, 11) is 1.44. The van der Waals surface area contributed by atoms with Crippen LogP contribution in [0.1, 0.15) is 82.9 Å². The zero-order valence-corrected chi connectivity index (χ0v) is 21.6. The van der Waals surface area contributed by atoms with Crippen molar-refractivity contribution in [1.29, 1.82) is 0 Å². The van der Waals surface area contributed by atoms with Gasteiger partial charge in [0.2, 0.25) is 0 Å². The van der Waals surface area contributed by atoms with Crippen molar-refractivity contribution in [2.24, 2.45) is 23.7 Å². The molecule has 5 atom stereocenters. The SMILES string of the molecule is COC(=O)[C@@H](C)[C@H](c1ccc2c(c1)OC1(C[C@@H]2O)[C@H]2CC[C@H]1CN(C(=O)OC(C)(C)C)C2)C1CC1. The largest absolute Gasteiger partial charge is 0.486 e. The summed E-state index contributed by atoms with van der Waals surface area (Å²) < 4.78 is 17.5. The Hall–Kier alpha value is -2.28. The normalized spacial score (nSPS) is 31.4. The number of carbonyl (C=O) groups excluding carboxylic acids is 2. The fraction of sp³-hybridized carbons (Fsp3) is 0.714. The third-order valence-corrected chi connectivity index (χ3v) is 8.61. The number of aliphatic hydroxyl groups excluding tert-OH is 1. The Morgan fingerprint density at radius 2 is 1.80 bits per heavy atom. The molecule has 2 aliphatic carbocycles. The molecule has 1 amide bonds. The van der Waals surface area contributed by atoms with E-state index in [1.807, 2.05) is 44.7 Å². The number of likely N-dealkylation sites (tertiary alicyclic amines) is 1. The van der Waals surface area contributed by atoms with Crippen LogP contribution in [-0.2, 0) is 14.3 Å². The van der Waals surface area contributed by atoms with E-state index < -0.39 is 17.3 Å². The number of esters is 1. The van der Waals surface area contributed by atoms with Gasteiger partial charge in [-0.05, 0) is 69.9 Å². The van der Waals surface area contributed by atoms with Crippen molar-refractivity contribution in [2.45, 2.75) is 83.0 Å². The van der Waals surface area contributed by atoms with Crippen LogP contribution in [0.15, 0.2) is 18.2 Å². The highest BCUT2D eigenvalue weighted by atomic mass is 16.6. The topological polar surface area (TPSA) is 85.3 Å². The van der Waals surface area contributed by atoms with E-state index in [2.05, 4.69) is 6.07 Å². The third kappa shape index (κ3) is 4.41. The van der Waals surface area contributed by atoms with Gasteiger partial charge in [0.1, 0.15) is 17.0 Å². The lowest BCUT2D eigenvalue weighted by Gasteiger charge is -2.50. The smallest absolute Gasteiger partial charge is 0.410 e. The van der Waals surface area contributed by atoms with Crippen LogP contribution in [0.25, 0.3) is 0 Å². The number of ether oxygens (including phenoxy) is 3. The summed E-state index contributed by atoms with van der Waals surface area (Å²) in [4.78, 5) is 27.0. The first-order chi connectivity index (χ1) is 16.5. The van der Waals surface area contributed by atoms with Gasteiger partial charge in [-0.3, -0.25) is 4.79 Å². The van der Waals surface area contributed by atoms with Gasteiger partial charge in [0, 0.05) is 36.9 Å². The van der Waals surface area contributed by atoms with Gasteiger partial charge in [0.25, 0.3) is 0 Å². The lowest BCUT2D eigenvalue weighted by atomic mass is 9.73. The Morgan fingerprint density at radius 3 is 2.37 bits per heavy atom. The first-order valence-corrected chi connectivity index (χ1v) is 13.1. The predicted molar refractivity (Wildman–Crippen MR) is 130 cm³/mol. The van der Waals surface area contributed by atoms with Crippen LogP contribution in [0, 0.1) is 23.7 Å². The van der Waals surface area contributed by atoms with Crippen LogP contribution < -0.4 is 4.74 Å². The molecule has 1 spiro atoms. The van der Waals surface area contributed by atoms with Gasteiger partial charge in [0.15, 0.2) is 0 Å². The lowest BCUT2D eigenvalue weighted by Crippen LogP contribution is -2.60. The van der Waals surface area contributed by atoms with E-state index in [0.29, 0.717) is 25.4 Å². The molecule has 2 bridgehead atoms. The second-order valence-corrected chi connectivity index (χ2v) is 12.1. The number of amides is 1. The minimum absolute atomic E-state index is 0.0807. The van der Waals surface area contributed by atoms with Crippen LogP contribution >= 0.6 is 0 Å². The fourth-order valence-electron chi connectivity index (χ4n) is 6.84. The molecule has 7 nitrogen and oxygen atoms in total. The number of hydrogen-bond donors (Lipinski definition) is 1. The molecule has 192 valence electrons. The average molecular weight is 486 g/mol. The highest BCUT2D eigenvalue weighted by Gasteiger charge is 2.59. The summed E-state index contributed by atoms with van der Waals surface area (Å²) in [5.41, 5.74) is 0.880. The van der Waals surface area contributed by atoms with E-state index in [-0.39, 0.29) is 35.7 Å². The molecule has 7 heteroatoms. The highest BCUT2D eigenvalue weighted by molar-refractivity contribution is 5.73. The number of aliphatic hydroxyl groups is 1. The summed E-state index contributed by atoms with van der Waals surface area (Å²) in [5.74, 6) is 1.15. The van der Waals surface area contributed by atoms with Crippen LogP contribution in [0.5, 0.6) is 5.75 Å². The van der Waals surface area contributed by atoms with Crippen LogP contribution in [0.4, 0.5) is 4.79 Å². The first kappa shape index (κ1) is 24.4. The number of rotatable bonds is 4. The van der Waals surface area contributed by atoms with Gasteiger partial charge in [-0.1, -0.05) is 19.1 Å². The Kier molecular flexibility index (Phi) is 6.06. The number of piperidine rings is 1. The van der Waals surface area contributed by atoms with E-state index in [0.717, 1.165) is 42.6 Å². The molecule has 4 aliphatic rings. The molecule has 2 aliphatic heterocycles. The van der Waals surface area contributed by atoms with Crippen molar-refractivity contribution in [3.63, 3.8) is 0 Å². The quantitative estimate of drug-likeness (QED) is 0.616. The number of hydrogen-bond acceptors (Lipinski definition) is 6. The van der Waals surface area contributed by atoms with Gasteiger partial charge in [-0.2, -0.15) is 0 Å². The molecule has 1 saturated heterocycles. The van der Waals surface area contributed by atoms with Crippen molar-refractivity contribution >= 4 is 12.1 Å².